The zero-order valence-corrected chi connectivity index (χ0v) is 21.4. The maximum Gasteiger partial charge on any atom is 0.337 e. The number of nitrogens with zero attached hydrogens (tertiary/aromatic N) is 2. The minimum absolute atomic E-state index is 0.169. The Bertz CT molecular complexity index is 1570. The number of benzene rings is 3. The zero-order valence-electron chi connectivity index (χ0n) is 20.6. The van der Waals surface area contributed by atoms with Gasteiger partial charge in [-0.15, -0.1) is 0 Å². The number of aliphatic imine (C=N–C) groups is 1. The minimum Gasteiger partial charge on any atom is -0.465 e. The number of carbonyl (C=O) groups is 2. The molecule has 184 valence electrons. The van der Waals surface area contributed by atoms with Crippen LogP contribution in [0.3, 0.4) is 0 Å². The maximum absolute atomic E-state index is 13.6. The first-order valence-electron chi connectivity index (χ1n) is 11.7. The second-order valence-electron chi connectivity index (χ2n) is 8.49. The molecule has 37 heavy (non-hydrogen) atoms. The smallest absolute Gasteiger partial charge is 0.337 e. The lowest BCUT2D eigenvalue weighted by atomic mass is 10.1. The van der Waals surface area contributed by atoms with Gasteiger partial charge in [0, 0.05) is 11.6 Å². The highest BCUT2D eigenvalue weighted by Gasteiger charge is 2.35. The van der Waals surface area contributed by atoms with Crippen molar-refractivity contribution in [1.29, 1.82) is 0 Å². The summed E-state index contributed by atoms with van der Waals surface area (Å²) in [6, 6.07) is 26.2. The van der Waals surface area contributed by atoms with Crippen molar-refractivity contribution >= 4 is 46.3 Å². The van der Waals surface area contributed by atoms with Crippen LogP contribution in [0, 0.1) is 13.8 Å². The van der Waals surface area contributed by atoms with Crippen LogP contribution in [0.15, 0.2) is 99.2 Å². The van der Waals surface area contributed by atoms with E-state index in [9.17, 15) is 9.59 Å². The van der Waals surface area contributed by atoms with Gasteiger partial charge in [0.2, 0.25) is 0 Å². The monoisotopic (exact) mass is 508 g/mol. The number of furan rings is 1. The van der Waals surface area contributed by atoms with Crippen molar-refractivity contribution in [3.05, 3.63) is 112 Å². The average molecular weight is 509 g/mol. The van der Waals surface area contributed by atoms with Crippen LogP contribution in [-0.2, 0) is 9.53 Å². The van der Waals surface area contributed by atoms with E-state index in [0.717, 1.165) is 28.1 Å². The van der Waals surface area contributed by atoms with E-state index in [-0.39, 0.29) is 5.91 Å². The van der Waals surface area contributed by atoms with Crippen LogP contribution in [0.1, 0.15) is 27.2 Å². The number of anilines is 1. The molecule has 2 heterocycles. The maximum atomic E-state index is 13.6. The van der Waals surface area contributed by atoms with Crippen LogP contribution in [0.25, 0.3) is 17.4 Å². The lowest BCUT2D eigenvalue weighted by molar-refractivity contribution is -0.113. The third-order valence-corrected chi connectivity index (χ3v) is 6.93. The summed E-state index contributed by atoms with van der Waals surface area (Å²) in [5.74, 6) is 0.520. The summed E-state index contributed by atoms with van der Waals surface area (Å²) in [5.41, 5.74) is 4.76. The topological polar surface area (TPSA) is 72.1 Å². The number of thioether (sulfide) groups is 1. The van der Waals surface area contributed by atoms with Gasteiger partial charge in [-0.3, -0.25) is 9.69 Å². The van der Waals surface area contributed by atoms with Crippen LogP contribution in [0.4, 0.5) is 11.4 Å². The second kappa shape index (κ2) is 10.3. The number of amides is 1. The molecule has 1 aliphatic heterocycles. The normalized spacial score (nSPS) is 15.5. The third kappa shape index (κ3) is 4.99. The third-order valence-electron chi connectivity index (χ3n) is 5.96. The molecule has 0 radical (unpaired) electrons. The van der Waals surface area contributed by atoms with Gasteiger partial charge in [-0.25, -0.2) is 9.79 Å². The number of hydrogen-bond acceptors (Lipinski definition) is 6. The molecule has 0 bridgehead atoms. The molecule has 1 fully saturated rings. The molecule has 0 N–H and O–H groups in total. The highest BCUT2D eigenvalue weighted by Crippen LogP contribution is 2.39. The molecule has 7 heteroatoms. The molecule has 6 nitrogen and oxygen atoms in total. The molecule has 1 aromatic heterocycles. The van der Waals surface area contributed by atoms with Crippen molar-refractivity contribution in [3.63, 3.8) is 0 Å². The van der Waals surface area contributed by atoms with Gasteiger partial charge in [0.1, 0.15) is 11.5 Å². The summed E-state index contributed by atoms with van der Waals surface area (Å²) in [5, 5.41) is 0.581. The van der Waals surface area contributed by atoms with Gasteiger partial charge in [0.25, 0.3) is 5.91 Å². The molecule has 3 aromatic carbocycles. The molecule has 0 spiro atoms. The highest BCUT2D eigenvalue weighted by atomic mass is 32.2. The van der Waals surface area contributed by atoms with E-state index >= 15 is 0 Å². The van der Waals surface area contributed by atoms with Crippen LogP contribution in [0.2, 0.25) is 0 Å². The first-order valence-corrected chi connectivity index (χ1v) is 12.5. The molecule has 1 amide bonds. The molecule has 1 saturated heterocycles. The summed E-state index contributed by atoms with van der Waals surface area (Å²) >= 11 is 1.31. The Morgan fingerprint density at radius 3 is 2.46 bits per heavy atom. The summed E-state index contributed by atoms with van der Waals surface area (Å²) in [6.45, 7) is 3.97. The number of esters is 1. The zero-order chi connectivity index (χ0) is 25.9. The first-order chi connectivity index (χ1) is 17.9. The molecular formula is C30H24N2O4S. The number of para-hydroxylation sites is 2. The Hall–Kier alpha value is -4.36. The molecule has 1 aliphatic rings. The Morgan fingerprint density at radius 1 is 0.946 bits per heavy atom. The number of rotatable bonds is 5. The standard InChI is InChI=1S/C30H24N2O4S/c1-19-9-4-6-13-24(19)31-30-32(25-14-7-5-10-20(25)2)28(33)27(37-30)18-23-15-16-26(36-23)21-11-8-12-22(17-21)29(34)35-3/h4-18H,1-3H3/b27-18-,31-30?. The van der Waals surface area contributed by atoms with Gasteiger partial charge in [0.05, 0.1) is 29.0 Å². The fraction of sp³-hybridized carbons (Fsp3) is 0.100. The molecular weight excluding hydrogens is 484 g/mol. The summed E-state index contributed by atoms with van der Waals surface area (Å²) in [6.07, 6.45) is 1.73. The number of amidine groups is 1. The van der Waals surface area contributed by atoms with Crippen molar-refractivity contribution in [3.8, 4) is 11.3 Å². The van der Waals surface area contributed by atoms with Crippen molar-refractivity contribution in [2.45, 2.75) is 13.8 Å². The molecule has 0 saturated carbocycles. The largest absolute Gasteiger partial charge is 0.465 e. The highest BCUT2D eigenvalue weighted by molar-refractivity contribution is 8.19. The number of hydrogen-bond donors (Lipinski definition) is 0. The summed E-state index contributed by atoms with van der Waals surface area (Å²) in [4.78, 5) is 32.6. The van der Waals surface area contributed by atoms with Gasteiger partial charge in [-0.2, -0.15) is 0 Å². The van der Waals surface area contributed by atoms with Gasteiger partial charge < -0.3 is 9.15 Å². The summed E-state index contributed by atoms with van der Waals surface area (Å²) in [7, 11) is 1.35. The number of ether oxygens (including phenoxy) is 1. The average Bonchev–Trinajstić information content (AvgIpc) is 3.50. The lowest BCUT2D eigenvalue weighted by Crippen LogP contribution is -2.29. The van der Waals surface area contributed by atoms with Crippen LogP contribution in [-0.4, -0.2) is 24.2 Å². The molecule has 4 aromatic rings. The number of aryl methyl sites for hydroxylation is 2. The van der Waals surface area contributed by atoms with Crippen molar-refractivity contribution in [2.24, 2.45) is 4.99 Å². The van der Waals surface area contributed by atoms with E-state index in [1.165, 1.54) is 18.9 Å². The van der Waals surface area contributed by atoms with E-state index in [1.807, 2.05) is 74.5 Å². The SMILES string of the molecule is COC(=O)c1cccc(-c2ccc(/C=C3\SC(=Nc4ccccc4C)N(c4ccccc4C)C3=O)o2)c1. The van der Waals surface area contributed by atoms with E-state index in [2.05, 4.69) is 0 Å². The predicted octanol–water partition coefficient (Wildman–Crippen LogP) is 7.16. The van der Waals surface area contributed by atoms with Gasteiger partial charge in [0.15, 0.2) is 5.17 Å². The molecule has 5 rings (SSSR count). The second-order valence-corrected chi connectivity index (χ2v) is 9.50. The van der Waals surface area contributed by atoms with E-state index < -0.39 is 5.97 Å². The van der Waals surface area contributed by atoms with Gasteiger partial charge in [-0.05, 0) is 73.1 Å². The Kier molecular flexibility index (Phi) is 6.79. The Balaban J connectivity index is 1.51. The predicted molar refractivity (Wildman–Crippen MR) is 148 cm³/mol. The first kappa shape index (κ1) is 24.3. The van der Waals surface area contributed by atoms with Crippen LogP contribution < -0.4 is 4.90 Å². The fourth-order valence-electron chi connectivity index (χ4n) is 4.00. The molecule has 0 aliphatic carbocycles. The fourth-order valence-corrected chi connectivity index (χ4v) is 4.97. The van der Waals surface area contributed by atoms with Gasteiger partial charge >= 0.3 is 5.97 Å². The van der Waals surface area contributed by atoms with Crippen LogP contribution in [0.5, 0.6) is 0 Å². The quantitative estimate of drug-likeness (QED) is 0.211. The van der Waals surface area contributed by atoms with E-state index in [1.54, 1.807) is 35.2 Å². The van der Waals surface area contributed by atoms with Crippen molar-refractivity contribution < 1.29 is 18.7 Å². The van der Waals surface area contributed by atoms with Gasteiger partial charge in [-0.1, -0.05) is 48.5 Å². The molecule has 0 unspecified atom stereocenters. The Morgan fingerprint density at radius 2 is 1.70 bits per heavy atom. The van der Waals surface area contributed by atoms with Crippen molar-refractivity contribution in [2.75, 3.05) is 12.0 Å². The summed E-state index contributed by atoms with van der Waals surface area (Å²) < 4.78 is 10.8. The molecule has 0 atom stereocenters. The van der Waals surface area contributed by atoms with E-state index in [0.29, 0.717) is 27.2 Å². The minimum atomic E-state index is -0.416. The van der Waals surface area contributed by atoms with E-state index in [4.69, 9.17) is 14.1 Å². The lowest BCUT2D eigenvalue weighted by Gasteiger charge is -2.18. The van der Waals surface area contributed by atoms with Crippen molar-refractivity contribution in [1.82, 2.24) is 0 Å². The van der Waals surface area contributed by atoms with Crippen LogP contribution >= 0.6 is 11.8 Å². The number of carbonyl (C=O) groups excluding carboxylic acids is 2. The number of methoxy groups -OCH3 is 1. The Labute approximate surface area is 219 Å².